The lowest BCUT2D eigenvalue weighted by Crippen LogP contribution is -2.75. The highest BCUT2D eigenvalue weighted by molar-refractivity contribution is 5.73. The first-order valence-corrected chi connectivity index (χ1v) is 15.0. The maximum atomic E-state index is 12.5. The summed E-state index contributed by atoms with van der Waals surface area (Å²) in [6.07, 6.45) is 11.7. The second-order valence-electron chi connectivity index (χ2n) is 14.1. The minimum absolute atomic E-state index is 0.123. The molecule has 5 heteroatoms. The molecule has 4 rings (SSSR count). The van der Waals surface area contributed by atoms with E-state index in [-0.39, 0.29) is 23.3 Å². The van der Waals surface area contributed by atoms with Crippen molar-refractivity contribution >= 4 is 11.9 Å². The standard InChI is InChI=1S/C31H53NO4/c1-19(2)10-8-11-20(3)24-13-14-25-23-18-28(36-22(5)34)31(35)27(32-21(4)33)12-9-16-30(31,7)26(23)15-17-29(24,25)6/h19-20,23-28,35H,8-18H2,1-7H3,(H,32,33). The van der Waals surface area contributed by atoms with Crippen LogP contribution in [0.2, 0.25) is 0 Å². The minimum Gasteiger partial charge on any atom is -0.459 e. The SMILES string of the molecule is CC(=O)NC1CCCC2(C)C3CCC4(C)C(C(C)CCCC(C)C)CCC4C3CC(OC(C)=O)C12O. The molecule has 0 bridgehead atoms. The number of aliphatic hydroxyl groups is 1. The Balaban J connectivity index is 1.63. The Labute approximate surface area is 219 Å². The fraction of sp³-hybridized carbons (Fsp3) is 0.935. The van der Waals surface area contributed by atoms with Gasteiger partial charge in [-0.25, -0.2) is 0 Å². The smallest absolute Gasteiger partial charge is 0.303 e. The highest BCUT2D eigenvalue weighted by atomic mass is 16.6. The first-order chi connectivity index (χ1) is 16.8. The van der Waals surface area contributed by atoms with Gasteiger partial charge in [-0.05, 0) is 85.9 Å². The van der Waals surface area contributed by atoms with Crippen molar-refractivity contribution in [2.45, 2.75) is 137 Å². The van der Waals surface area contributed by atoms with E-state index in [2.05, 4.69) is 39.9 Å². The third-order valence-electron chi connectivity index (χ3n) is 11.8. The Morgan fingerprint density at radius 1 is 1.00 bits per heavy atom. The third kappa shape index (κ3) is 4.54. The van der Waals surface area contributed by atoms with E-state index in [4.69, 9.17) is 4.74 Å². The quantitative estimate of drug-likeness (QED) is 0.402. The molecule has 206 valence electrons. The largest absolute Gasteiger partial charge is 0.459 e. The van der Waals surface area contributed by atoms with Crippen LogP contribution in [0.4, 0.5) is 0 Å². The summed E-state index contributed by atoms with van der Waals surface area (Å²) in [6.45, 7) is 14.9. The van der Waals surface area contributed by atoms with E-state index in [0.29, 0.717) is 23.2 Å². The molecule has 0 spiro atoms. The molecule has 0 aliphatic heterocycles. The molecule has 0 aromatic heterocycles. The molecule has 10 unspecified atom stereocenters. The normalized spacial score (nSPS) is 44.8. The zero-order chi connectivity index (χ0) is 26.5. The fourth-order valence-electron chi connectivity index (χ4n) is 10.2. The summed E-state index contributed by atoms with van der Waals surface area (Å²) in [5, 5.41) is 15.6. The first kappa shape index (κ1) is 27.9. The Morgan fingerprint density at radius 2 is 1.72 bits per heavy atom. The summed E-state index contributed by atoms with van der Waals surface area (Å²) in [4.78, 5) is 24.4. The van der Waals surface area contributed by atoms with Crippen LogP contribution in [0.25, 0.3) is 0 Å². The van der Waals surface area contributed by atoms with Crippen molar-refractivity contribution in [3.63, 3.8) is 0 Å². The topological polar surface area (TPSA) is 75.6 Å². The van der Waals surface area contributed by atoms with Gasteiger partial charge in [-0.2, -0.15) is 0 Å². The van der Waals surface area contributed by atoms with Crippen LogP contribution < -0.4 is 5.32 Å². The highest BCUT2D eigenvalue weighted by Crippen LogP contribution is 2.69. The Morgan fingerprint density at radius 3 is 2.36 bits per heavy atom. The van der Waals surface area contributed by atoms with E-state index in [9.17, 15) is 14.7 Å². The molecule has 4 aliphatic rings. The van der Waals surface area contributed by atoms with Crippen LogP contribution in [0.5, 0.6) is 0 Å². The molecule has 4 aliphatic carbocycles. The molecule has 4 fully saturated rings. The molecule has 2 N–H and O–H groups in total. The second-order valence-corrected chi connectivity index (χ2v) is 14.1. The van der Waals surface area contributed by atoms with E-state index < -0.39 is 11.7 Å². The van der Waals surface area contributed by atoms with Crippen molar-refractivity contribution in [2.24, 2.45) is 46.3 Å². The lowest BCUT2D eigenvalue weighted by atomic mass is 9.41. The number of ether oxygens (including phenoxy) is 1. The van der Waals surface area contributed by atoms with Gasteiger partial charge in [0.15, 0.2) is 0 Å². The number of hydrogen-bond donors (Lipinski definition) is 2. The molecule has 10 atom stereocenters. The number of nitrogens with one attached hydrogen (secondary N) is 1. The lowest BCUT2D eigenvalue weighted by molar-refractivity contribution is -0.268. The highest BCUT2D eigenvalue weighted by Gasteiger charge is 2.70. The van der Waals surface area contributed by atoms with Gasteiger partial charge >= 0.3 is 5.97 Å². The minimum atomic E-state index is -1.22. The van der Waals surface area contributed by atoms with Crippen molar-refractivity contribution in [3.05, 3.63) is 0 Å². The predicted molar refractivity (Wildman–Crippen MR) is 143 cm³/mol. The maximum Gasteiger partial charge on any atom is 0.303 e. The number of carbonyl (C=O) groups excluding carboxylic acids is 2. The van der Waals surface area contributed by atoms with Crippen LogP contribution in [0, 0.1) is 46.3 Å². The summed E-state index contributed by atoms with van der Waals surface area (Å²) in [5.74, 6) is 3.31. The van der Waals surface area contributed by atoms with Gasteiger partial charge in [0.25, 0.3) is 0 Å². The van der Waals surface area contributed by atoms with E-state index in [1.807, 2.05) is 0 Å². The Kier molecular flexibility index (Phi) is 7.93. The van der Waals surface area contributed by atoms with Crippen LogP contribution in [0.1, 0.15) is 119 Å². The summed E-state index contributed by atoms with van der Waals surface area (Å²) < 4.78 is 5.98. The number of hydrogen-bond acceptors (Lipinski definition) is 4. The van der Waals surface area contributed by atoms with Crippen LogP contribution >= 0.6 is 0 Å². The Hall–Kier alpha value is -1.10. The van der Waals surface area contributed by atoms with Crippen molar-refractivity contribution in [1.82, 2.24) is 5.32 Å². The van der Waals surface area contributed by atoms with Crippen LogP contribution in [-0.4, -0.2) is 34.7 Å². The molecule has 0 aromatic carbocycles. The van der Waals surface area contributed by atoms with Crippen molar-refractivity contribution in [1.29, 1.82) is 0 Å². The monoisotopic (exact) mass is 503 g/mol. The maximum absolute atomic E-state index is 12.5. The number of amides is 1. The summed E-state index contributed by atoms with van der Waals surface area (Å²) >= 11 is 0. The first-order valence-electron chi connectivity index (χ1n) is 15.0. The predicted octanol–water partition coefficient (Wildman–Crippen LogP) is 6.27. The zero-order valence-corrected chi connectivity index (χ0v) is 24.1. The zero-order valence-electron chi connectivity index (χ0n) is 24.1. The van der Waals surface area contributed by atoms with Crippen LogP contribution in [0.3, 0.4) is 0 Å². The van der Waals surface area contributed by atoms with Gasteiger partial charge in [0, 0.05) is 19.3 Å². The summed E-state index contributed by atoms with van der Waals surface area (Å²) in [7, 11) is 0. The molecule has 0 heterocycles. The number of fused-ring (bicyclic) bond motifs is 5. The Bertz CT molecular complexity index is 827. The van der Waals surface area contributed by atoms with Gasteiger partial charge in [-0.3, -0.25) is 9.59 Å². The van der Waals surface area contributed by atoms with Crippen molar-refractivity contribution in [3.8, 4) is 0 Å². The number of esters is 1. The van der Waals surface area contributed by atoms with Gasteiger partial charge in [0.2, 0.25) is 5.91 Å². The van der Waals surface area contributed by atoms with Crippen LogP contribution in [-0.2, 0) is 14.3 Å². The van der Waals surface area contributed by atoms with Gasteiger partial charge < -0.3 is 15.2 Å². The average Bonchev–Trinajstić information content (AvgIpc) is 3.12. The van der Waals surface area contributed by atoms with E-state index in [1.54, 1.807) is 0 Å². The molecule has 36 heavy (non-hydrogen) atoms. The van der Waals surface area contributed by atoms with Gasteiger partial charge in [-0.1, -0.05) is 60.3 Å². The number of carbonyl (C=O) groups is 2. The van der Waals surface area contributed by atoms with Crippen molar-refractivity contribution < 1.29 is 19.4 Å². The lowest BCUT2D eigenvalue weighted by Gasteiger charge is -2.66. The van der Waals surface area contributed by atoms with E-state index in [0.717, 1.165) is 49.9 Å². The van der Waals surface area contributed by atoms with Crippen molar-refractivity contribution in [2.75, 3.05) is 0 Å². The molecule has 5 nitrogen and oxygen atoms in total. The van der Waals surface area contributed by atoms with Gasteiger partial charge in [0.05, 0.1) is 6.04 Å². The molecular weight excluding hydrogens is 450 g/mol. The molecular formula is C31H53NO4. The third-order valence-corrected chi connectivity index (χ3v) is 11.8. The molecule has 0 radical (unpaired) electrons. The van der Waals surface area contributed by atoms with Gasteiger partial charge in [0.1, 0.15) is 11.7 Å². The second kappa shape index (κ2) is 10.2. The number of rotatable bonds is 7. The molecule has 4 saturated carbocycles. The summed E-state index contributed by atoms with van der Waals surface area (Å²) in [5.41, 5.74) is -1.26. The van der Waals surface area contributed by atoms with Gasteiger partial charge in [-0.15, -0.1) is 0 Å². The van der Waals surface area contributed by atoms with E-state index in [1.165, 1.54) is 52.4 Å². The fourth-order valence-corrected chi connectivity index (χ4v) is 10.2. The van der Waals surface area contributed by atoms with Crippen LogP contribution in [0.15, 0.2) is 0 Å². The summed E-state index contributed by atoms with van der Waals surface area (Å²) in [6, 6.07) is -0.371. The van der Waals surface area contributed by atoms with E-state index >= 15 is 0 Å². The molecule has 1 amide bonds. The molecule has 0 aromatic rings. The molecule has 0 saturated heterocycles. The average molecular weight is 504 g/mol.